The third-order valence-electron chi connectivity index (χ3n) is 4.61. The van der Waals surface area contributed by atoms with Crippen molar-refractivity contribution in [1.82, 2.24) is 9.88 Å². The molecule has 3 rings (SSSR count). The van der Waals surface area contributed by atoms with Crippen LogP contribution in [0.25, 0.3) is 0 Å². The fraction of sp³-hybridized carbons (Fsp3) is 0.316. The number of hydrogen-bond acceptors (Lipinski definition) is 4. The van der Waals surface area contributed by atoms with E-state index in [1.165, 1.54) is 6.07 Å². The molecule has 5 nitrogen and oxygen atoms in total. The van der Waals surface area contributed by atoms with Crippen LogP contribution in [0, 0.1) is 23.4 Å². The highest BCUT2D eigenvalue weighted by Gasteiger charge is 2.25. The number of benzene rings is 1. The molecule has 1 aromatic carbocycles. The van der Waals surface area contributed by atoms with Crippen molar-refractivity contribution in [2.75, 3.05) is 25.5 Å². The zero-order chi connectivity index (χ0) is 19.6. The number of Topliss-reactive ketones (excluding diaryl/α,β-unsaturated/α-hetero) is 1. The number of anilines is 1. The lowest BCUT2D eigenvalue weighted by Crippen LogP contribution is -2.33. The van der Waals surface area contributed by atoms with E-state index in [1.807, 2.05) is 7.05 Å². The Labute approximate surface area is 154 Å². The van der Waals surface area contributed by atoms with E-state index in [0.717, 1.165) is 32.0 Å². The molecule has 0 saturated carbocycles. The fourth-order valence-corrected chi connectivity index (χ4v) is 3.01. The first kappa shape index (κ1) is 19.0. The highest BCUT2D eigenvalue weighted by molar-refractivity contribution is 6.04. The van der Waals surface area contributed by atoms with Gasteiger partial charge in [-0.05, 0) is 57.2 Å². The number of aromatic nitrogens is 1. The summed E-state index contributed by atoms with van der Waals surface area (Å²) in [5, 5.41) is 2.31. The molecular formula is C19H18F3N3O2. The molecule has 2 heterocycles. The summed E-state index contributed by atoms with van der Waals surface area (Å²) in [5.74, 6) is -5.88. The van der Waals surface area contributed by atoms with Crippen LogP contribution >= 0.6 is 0 Å². The van der Waals surface area contributed by atoms with Crippen molar-refractivity contribution in [2.24, 2.45) is 5.92 Å². The van der Waals surface area contributed by atoms with Crippen LogP contribution in [0.5, 0.6) is 0 Å². The molecule has 1 fully saturated rings. The van der Waals surface area contributed by atoms with Gasteiger partial charge in [0.2, 0.25) is 0 Å². The van der Waals surface area contributed by atoms with Gasteiger partial charge in [-0.1, -0.05) is 6.07 Å². The van der Waals surface area contributed by atoms with Gasteiger partial charge in [0.25, 0.3) is 5.91 Å². The van der Waals surface area contributed by atoms with E-state index in [4.69, 9.17) is 0 Å². The molecule has 27 heavy (non-hydrogen) atoms. The molecule has 1 aliphatic heterocycles. The highest BCUT2D eigenvalue weighted by Crippen LogP contribution is 2.21. The van der Waals surface area contributed by atoms with Crippen LogP contribution in [0.15, 0.2) is 30.3 Å². The van der Waals surface area contributed by atoms with Crippen LogP contribution in [-0.4, -0.2) is 41.7 Å². The number of amides is 1. The molecule has 1 N–H and O–H groups in total. The van der Waals surface area contributed by atoms with Gasteiger partial charge in [-0.2, -0.15) is 0 Å². The summed E-state index contributed by atoms with van der Waals surface area (Å²) in [6.45, 7) is 1.64. The summed E-state index contributed by atoms with van der Waals surface area (Å²) in [5.41, 5.74) is -0.448. The van der Waals surface area contributed by atoms with Gasteiger partial charge in [0.15, 0.2) is 23.2 Å². The third kappa shape index (κ3) is 4.16. The van der Waals surface area contributed by atoms with E-state index >= 15 is 0 Å². The average molecular weight is 377 g/mol. The quantitative estimate of drug-likeness (QED) is 0.656. The molecule has 0 bridgehead atoms. The minimum atomic E-state index is -1.72. The average Bonchev–Trinajstić information content (AvgIpc) is 2.66. The maximum Gasteiger partial charge on any atom is 0.259 e. The molecule has 1 aromatic heterocycles. The second-order valence-electron chi connectivity index (χ2n) is 6.53. The smallest absolute Gasteiger partial charge is 0.259 e. The molecule has 1 saturated heterocycles. The number of pyridine rings is 1. The Hall–Kier alpha value is -2.74. The Morgan fingerprint density at radius 2 is 1.78 bits per heavy atom. The van der Waals surface area contributed by atoms with Crippen LogP contribution in [0.2, 0.25) is 0 Å². The predicted octanol–water partition coefficient (Wildman–Crippen LogP) is 3.28. The Morgan fingerprint density at radius 1 is 1.07 bits per heavy atom. The molecule has 0 aliphatic carbocycles. The molecule has 0 radical (unpaired) electrons. The van der Waals surface area contributed by atoms with E-state index in [1.54, 1.807) is 12.1 Å². The molecule has 142 valence electrons. The van der Waals surface area contributed by atoms with Crippen LogP contribution in [0.1, 0.15) is 33.7 Å². The third-order valence-corrected chi connectivity index (χ3v) is 4.61. The van der Waals surface area contributed by atoms with E-state index in [-0.39, 0.29) is 23.2 Å². The molecule has 0 atom stereocenters. The van der Waals surface area contributed by atoms with Crippen molar-refractivity contribution in [2.45, 2.75) is 12.8 Å². The largest absolute Gasteiger partial charge is 0.306 e. The topological polar surface area (TPSA) is 62.3 Å². The zero-order valence-electron chi connectivity index (χ0n) is 14.6. The summed E-state index contributed by atoms with van der Waals surface area (Å²) in [7, 11) is 1.99. The number of ketones is 1. The first-order valence-corrected chi connectivity index (χ1v) is 8.51. The maximum absolute atomic E-state index is 13.7. The van der Waals surface area contributed by atoms with E-state index < -0.39 is 28.9 Å². The van der Waals surface area contributed by atoms with Crippen molar-refractivity contribution in [1.29, 1.82) is 0 Å². The fourth-order valence-electron chi connectivity index (χ4n) is 3.01. The van der Waals surface area contributed by atoms with Crippen molar-refractivity contribution < 1.29 is 22.8 Å². The Kier molecular flexibility index (Phi) is 5.55. The number of nitrogens with one attached hydrogen (secondary N) is 1. The minimum Gasteiger partial charge on any atom is -0.306 e. The molecule has 8 heteroatoms. The Bertz CT molecular complexity index is 880. The number of carbonyl (C=O) groups is 2. The highest BCUT2D eigenvalue weighted by atomic mass is 19.2. The minimum absolute atomic E-state index is 0.0305. The van der Waals surface area contributed by atoms with Crippen molar-refractivity contribution >= 4 is 17.5 Å². The molecular weight excluding hydrogens is 359 g/mol. The Balaban J connectivity index is 1.75. The van der Waals surface area contributed by atoms with Gasteiger partial charge in [-0.15, -0.1) is 0 Å². The van der Waals surface area contributed by atoms with Gasteiger partial charge in [-0.3, -0.25) is 9.59 Å². The second kappa shape index (κ2) is 7.87. The number of hydrogen-bond donors (Lipinski definition) is 1. The number of halogens is 3. The summed E-state index contributed by atoms with van der Waals surface area (Å²) in [6.07, 6.45) is 1.46. The van der Waals surface area contributed by atoms with Gasteiger partial charge < -0.3 is 10.2 Å². The standard InChI is InChI=1S/C19H18F3N3O2/c1-25-9-7-11(8-10-25)18(26)14-3-2-4-15(23-14)24-19(27)12-5-6-13(20)17(22)16(12)21/h2-6,11H,7-10H2,1H3,(H,23,24,27). The first-order valence-electron chi connectivity index (χ1n) is 8.51. The lowest BCUT2D eigenvalue weighted by molar-refractivity contribution is 0.0851. The van der Waals surface area contributed by atoms with Crippen LogP contribution < -0.4 is 5.32 Å². The molecule has 0 unspecified atom stereocenters. The molecule has 1 amide bonds. The van der Waals surface area contributed by atoms with Gasteiger partial charge in [-0.25, -0.2) is 18.2 Å². The van der Waals surface area contributed by atoms with Crippen molar-refractivity contribution in [3.05, 3.63) is 59.0 Å². The molecule has 0 spiro atoms. The van der Waals surface area contributed by atoms with E-state index in [0.29, 0.717) is 6.07 Å². The lowest BCUT2D eigenvalue weighted by Gasteiger charge is -2.27. The van der Waals surface area contributed by atoms with E-state index in [9.17, 15) is 22.8 Å². The predicted molar refractivity (Wildman–Crippen MR) is 93.1 cm³/mol. The Morgan fingerprint density at radius 3 is 2.48 bits per heavy atom. The SMILES string of the molecule is CN1CCC(C(=O)c2cccc(NC(=O)c3ccc(F)c(F)c3F)n2)CC1. The number of carbonyl (C=O) groups excluding carboxylic acids is 2. The van der Waals surface area contributed by atoms with Gasteiger partial charge in [0, 0.05) is 5.92 Å². The normalized spacial score (nSPS) is 15.6. The van der Waals surface area contributed by atoms with Gasteiger partial charge >= 0.3 is 0 Å². The first-order chi connectivity index (χ1) is 12.9. The van der Waals surface area contributed by atoms with Gasteiger partial charge in [0.1, 0.15) is 11.5 Å². The van der Waals surface area contributed by atoms with Crippen LogP contribution in [0.4, 0.5) is 19.0 Å². The van der Waals surface area contributed by atoms with Crippen molar-refractivity contribution in [3.8, 4) is 0 Å². The maximum atomic E-state index is 13.7. The summed E-state index contributed by atoms with van der Waals surface area (Å²) in [6, 6.07) is 6.04. The number of nitrogens with zero attached hydrogens (tertiary/aromatic N) is 2. The van der Waals surface area contributed by atoms with Crippen LogP contribution in [0.3, 0.4) is 0 Å². The lowest BCUT2D eigenvalue weighted by atomic mass is 9.91. The zero-order valence-corrected chi connectivity index (χ0v) is 14.6. The second-order valence-corrected chi connectivity index (χ2v) is 6.53. The molecule has 1 aliphatic rings. The number of piperidine rings is 1. The number of likely N-dealkylation sites (tertiary alicyclic amines) is 1. The van der Waals surface area contributed by atoms with Crippen LogP contribution in [-0.2, 0) is 0 Å². The summed E-state index contributed by atoms with van der Waals surface area (Å²) >= 11 is 0. The van der Waals surface area contributed by atoms with Crippen molar-refractivity contribution in [3.63, 3.8) is 0 Å². The van der Waals surface area contributed by atoms with E-state index in [2.05, 4.69) is 15.2 Å². The van der Waals surface area contributed by atoms with Gasteiger partial charge in [0.05, 0.1) is 5.56 Å². The summed E-state index contributed by atoms with van der Waals surface area (Å²) < 4.78 is 40.0. The molecule has 2 aromatic rings. The monoisotopic (exact) mass is 377 g/mol. The summed E-state index contributed by atoms with van der Waals surface area (Å²) in [4.78, 5) is 31.0. The number of rotatable bonds is 4.